The monoisotopic (exact) mass is 699 g/mol. The first kappa shape index (κ1) is 36.1. The molecule has 0 bridgehead atoms. The van der Waals surface area contributed by atoms with Crippen molar-refractivity contribution < 1.29 is 53.7 Å². The Labute approximate surface area is 313 Å². The number of aliphatic imine (C=N–C) groups is 1. The predicted octanol–water partition coefficient (Wildman–Crippen LogP) is 4.35. The van der Waals surface area contributed by atoms with Gasteiger partial charge in [0.15, 0.2) is 5.17 Å². The molecule has 5 aromatic carbocycles. The summed E-state index contributed by atoms with van der Waals surface area (Å²) in [4.78, 5) is 30.6. The van der Waals surface area contributed by atoms with E-state index in [1.165, 1.54) is 29.5 Å². The predicted molar refractivity (Wildman–Crippen MR) is 193 cm³/mol. The Bertz CT molecular complexity index is 2170. The van der Waals surface area contributed by atoms with Crippen molar-refractivity contribution in [2.24, 2.45) is 4.99 Å². The van der Waals surface area contributed by atoms with Gasteiger partial charge in [-0.3, -0.25) is 9.59 Å². The number of benzene rings is 5. The molecule has 1 heterocycles. The number of amides is 2. The molecular weight excluding hydrogens is 666 g/mol. The van der Waals surface area contributed by atoms with Crippen molar-refractivity contribution in [3.8, 4) is 5.75 Å². The molecule has 11 heteroatoms. The molecule has 0 atom stereocenters. The van der Waals surface area contributed by atoms with Crippen molar-refractivity contribution in [1.82, 2.24) is 10.0 Å². The van der Waals surface area contributed by atoms with Gasteiger partial charge in [-0.15, -0.1) is 0 Å². The zero-order valence-corrected chi connectivity index (χ0v) is 31.0. The van der Waals surface area contributed by atoms with Crippen LogP contribution in [0.1, 0.15) is 36.2 Å². The van der Waals surface area contributed by atoms with Crippen molar-refractivity contribution in [2.75, 3.05) is 0 Å². The quantitative estimate of drug-likeness (QED) is 0.166. The molecule has 49 heavy (non-hydrogen) atoms. The summed E-state index contributed by atoms with van der Waals surface area (Å²) >= 11 is 1.23. The second kappa shape index (κ2) is 16.0. The van der Waals surface area contributed by atoms with Gasteiger partial charge in [-0.05, 0) is 95.0 Å². The number of hydrogen-bond donors (Lipinski definition) is 2. The molecule has 2 amide bonds. The topological polar surface area (TPSA) is 114 Å². The first-order chi connectivity index (χ1) is 23.1. The van der Waals surface area contributed by atoms with Gasteiger partial charge in [0.1, 0.15) is 12.4 Å². The smallest absolute Gasteiger partial charge is 1.00 e. The SMILES string of the molecule is CCc1ccc(COc2cc3ccccc3cc2/C=C2/SC(=Nc3ccc(CC(=O)NS(=O)(=O)c4ccc(C)cc4)cc3)NC2=O)cc1.[H-].[Na+]. The first-order valence-corrected chi connectivity index (χ1v) is 17.7. The summed E-state index contributed by atoms with van der Waals surface area (Å²) in [6.07, 6.45) is 2.67. The van der Waals surface area contributed by atoms with E-state index in [1.54, 1.807) is 36.4 Å². The number of ether oxygens (including phenoxy) is 1. The van der Waals surface area contributed by atoms with Gasteiger partial charge < -0.3 is 11.5 Å². The van der Waals surface area contributed by atoms with E-state index in [4.69, 9.17) is 4.74 Å². The third kappa shape index (κ3) is 9.29. The largest absolute Gasteiger partial charge is 1.00 e. The summed E-state index contributed by atoms with van der Waals surface area (Å²) in [5.41, 5.74) is 5.20. The molecule has 244 valence electrons. The maximum atomic E-state index is 13.0. The minimum absolute atomic E-state index is 0. The van der Waals surface area contributed by atoms with Crippen LogP contribution in [0, 0.1) is 6.92 Å². The standard InChI is InChI=1S/C38H33N3O5S2.Na.H/c1-3-26-10-12-28(13-11-26)24-46-34-22-30-7-5-4-6-29(30)21-31(34)23-35-37(43)40-38(47-35)39-32-16-14-27(15-17-32)20-36(42)41-48(44,45)33-18-8-25(2)9-19-33;;/h4-19,21-23H,3,20,24H2,1-2H3,(H,41,42)(H,39,40,43);;/q;+1;-1/b35-23+;;. The maximum Gasteiger partial charge on any atom is 1.00 e. The normalized spacial score (nSPS) is 14.4. The summed E-state index contributed by atoms with van der Waals surface area (Å²) < 4.78 is 33.5. The number of aryl methyl sites for hydroxylation is 2. The summed E-state index contributed by atoms with van der Waals surface area (Å²) in [5, 5.41) is 5.31. The van der Waals surface area contributed by atoms with E-state index in [1.807, 2.05) is 49.4 Å². The van der Waals surface area contributed by atoms with E-state index in [9.17, 15) is 18.0 Å². The molecule has 0 spiro atoms. The van der Waals surface area contributed by atoms with E-state index in [-0.39, 0.29) is 48.2 Å². The average Bonchev–Trinajstić information content (AvgIpc) is 3.42. The molecule has 8 nitrogen and oxygen atoms in total. The Morgan fingerprint density at radius 1 is 0.898 bits per heavy atom. The van der Waals surface area contributed by atoms with Gasteiger partial charge in [-0.25, -0.2) is 18.1 Å². The summed E-state index contributed by atoms with van der Waals surface area (Å²) in [6, 6.07) is 33.4. The van der Waals surface area contributed by atoms with Crippen LogP contribution in [0.2, 0.25) is 0 Å². The van der Waals surface area contributed by atoms with Gasteiger partial charge in [0.05, 0.1) is 21.9 Å². The summed E-state index contributed by atoms with van der Waals surface area (Å²) in [7, 11) is -3.96. The summed E-state index contributed by atoms with van der Waals surface area (Å²) in [6.45, 7) is 4.37. The van der Waals surface area contributed by atoms with Gasteiger partial charge in [-0.1, -0.05) is 85.3 Å². The number of carbonyl (C=O) groups is 2. The van der Waals surface area contributed by atoms with Crippen LogP contribution in [0.5, 0.6) is 5.75 Å². The Balaban J connectivity index is 0.00000281. The van der Waals surface area contributed by atoms with E-state index < -0.39 is 15.9 Å². The molecule has 0 saturated carbocycles. The van der Waals surface area contributed by atoms with Crippen LogP contribution in [-0.4, -0.2) is 25.4 Å². The number of nitrogens with zero attached hydrogens (tertiary/aromatic N) is 1. The number of thioether (sulfide) groups is 1. The molecule has 1 saturated heterocycles. The fourth-order valence-electron chi connectivity index (χ4n) is 5.08. The minimum Gasteiger partial charge on any atom is -1.00 e. The van der Waals surface area contributed by atoms with Crippen LogP contribution >= 0.6 is 11.8 Å². The van der Waals surface area contributed by atoms with E-state index in [0.717, 1.165) is 33.9 Å². The molecule has 1 fully saturated rings. The van der Waals surface area contributed by atoms with Crippen LogP contribution in [0.25, 0.3) is 16.8 Å². The molecule has 1 aliphatic heterocycles. The van der Waals surface area contributed by atoms with Crippen LogP contribution in [0.4, 0.5) is 5.69 Å². The number of fused-ring (bicyclic) bond motifs is 1. The molecular formula is C38H34N3NaO5S2. The van der Waals surface area contributed by atoms with Gasteiger partial charge in [0, 0.05) is 5.56 Å². The number of hydrogen-bond acceptors (Lipinski definition) is 7. The molecule has 0 unspecified atom stereocenters. The molecule has 2 N–H and O–H groups in total. The van der Waals surface area contributed by atoms with Crippen molar-refractivity contribution in [1.29, 1.82) is 0 Å². The molecule has 6 rings (SSSR count). The number of amidine groups is 1. The van der Waals surface area contributed by atoms with Crippen LogP contribution < -0.4 is 44.3 Å². The second-order valence-corrected chi connectivity index (χ2v) is 14.1. The van der Waals surface area contributed by atoms with E-state index in [0.29, 0.717) is 33.7 Å². The van der Waals surface area contributed by atoms with Crippen LogP contribution in [0.15, 0.2) is 124 Å². The fraction of sp³-hybridized carbons (Fsp3) is 0.132. The number of carbonyl (C=O) groups excluding carboxylic acids is 2. The molecule has 0 radical (unpaired) electrons. The molecule has 0 aromatic heterocycles. The summed E-state index contributed by atoms with van der Waals surface area (Å²) in [5.74, 6) is -0.239. The number of nitrogens with one attached hydrogen (secondary N) is 2. The van der Waals surface area contributed by atoms with Crippen molar-refractivity contribution >= 4 is 61.3 Å². The van der Waals surface area contributed by atoms with Gasteiger partial charge >= 0.3 is 29.6 Å². The zero-order chi connectivity index (χ0) is 33.7. The van der Waals surface area contributed by atoms with Crippen molar-refractivity contribution in [3.63, 3.8) is 0 Å². The van der Waals surface area contributed by atoms with Crippen molar-refractivity contribution in [2.45, 2.75) is 38.2 Å². The molecule has 1 aliphatic rings. The van der Waals surface area contributed by atoms with Gasteiger partial charge in [-0.2, -0.15) is 0 Å². The van der Waals surface area contributed by atoms with Gasteiger partial charge in [0.2, 0.25) is 5.91 Å². The molecule has 0 aliphatic carbocycles. The Morgan fingerprint density at radius 3 is 2.20 bits per heavy atom. The van der Waals surface area contributed by atoms with Crippen LogP contribution in [-0.2, 0) is 39.1 Å². The van der Waals surface area contributed by atoms with Crippen molar-refractivity contribution in [3.05, 3.63) is 142 Å². The second-order valence-electron chi connectivity index (χ2n) is 11.4. The maximum absolute atomic E-state index is 13.0. The Morgan fingerprint density at radius 2 is 1.53 bits per heavy atom. The fourth-order valence-corrected chi connectivity index (χ4v) is 6.90. The first-order valence-electron chi connectivity index (χ1n) is 15.4. The third-order valence-electron chi connectivity index (χ3n) is 7.75. The third-order valence-corrected chi connectivity index (χ3v) is 10.1. The van der Waals surface area contributed by atoms with Crippen LogP contribution in [0.3, 0.4) is 0 Å². The average molecular weight is 700 g/mol. The Kier molecular flexibility index (Phi) is 11.8. The number of rotatable bonds is 10. The van der Waals surface area contributed by atoms with E-state index in [2.05, 4.69) is 46.2 Å². The molecule has 5 aromatic rings. The number of sulfonamides is 1. The zero-order valence-electron chi connectivity index (χ0n) is 28.4. The Hall–Kier alpha value is -4.19. The van der Waals surface area contributed by atoms with E-state index >= 15 is 0 Å². The van der Waals surface area contributed by atoms with Gasteiger partial charge in [0.25, 0.3) is 15.9 Å². The minimum atomic E-state index is -3.96.